The lowest BCUT2D eigenvalue weighted by molar-refractivity contribution is -0.142. The number of hydrogen-bond acceptors (Lipinski definition) is 4. The number of nitrogens with zero attached hydrogens (tertiary/aromatic N) is 2. The molecule has 2 atom stereocenters. The molecule has 2 amide bonds. The van der Waals surface area contributed by atoms with Crippen LogP contribution in [-0.4, -0.2) is 35.3 Å². The first kappa shape index (κ1) is 17.3. The van der Waals surface area contributed by atoms with E-state index in [1.807, 2.05) is 30.1 Å². The van der Waals surface area contributed by atoms with E-state index in [-0.39, 0.29) is 23.7 Å². The number of para-hydroxylation sites is 1. The van der Waals surface area contributed by atoms with Gasteiger partial charge in [0.15, 0.2) is 0 Å². The van der Waals surface area contributed by atoms with Crippen molar-refractivity contribution in [1.29, 1.82) is 0 Å². The van der Waals surface area contributed by atoms with Crippen molar-refractivity contribution in [2.75, 3.05) is 13.7 Å². The van der Waals surface area contributed by atoms with Gasteiger partial charge in [0.1, 0.15) is 11.3 Å². The maximum atomic E-state index is 12.7. The molecule has 0 spiro atoms. The van der Waals surface area contributed by atoms with Crippen LogP contribution in [0.1, 0.15) is 43.9 Å². The normalized spacial score (nSPS) is 23.3. The first-order chi connectivity index (χ1) is 12.6. The molecule has 2 heterocycles. The van der Waals surface area contributed by atoms with Gasteiger partial charge >= 0.3 is 0 Å². The molecule has 138 valence electrons. The molecule has 0 radical (unpaired) electrons. The largest absolute Gasteiger partial charge is 0.461 e. The summed E-state index contributed by atoms with van der Waals surface area (Å²) >= 11 is 0. The van der Waals surface area contributed by atoms with Crippen LogP contribution in [0.25, 0.3) is 11.0 Å². The van der Waals surface area contributed by atoms with Gasteiger partial charge in [-0.2, -0.15) is 0 Å². The standard InChI is InChI=1S/C21H26N2O3/c1-3-18-17(14-8-6-7-11-19(14)26-18)12-22(2)13-23-20(24)15-9-4-5-10-16(15)21(23)25/h6-8,11,15-16H,3-5,9-10,12-13H2,1-2H3/t15-,16+. The van der Waals surface area contributed by atoms with Gasteiger partial charge in [-0.05, 0) is 26.0 Å². The molecule has 1 aromatic carbocycles. The Morgan fingerprint density at radius 1 is 1.12 bits per heavy atom. The van der Waals surface area contributed by atoms with Gasteiger partial charge in [-0.15, -0.1) is 0 Å². The molecule has 0 unspecified atom stereocenters. The van der Waals surface area contributed by atoms with Crippen LogP contribution in [0.2, 0.25) is 0 Å². The molecule has 1 aliphatic carbocycles. The number of rotatable bonds is 5. The molecule has 1 saturated carbocycles. The summed E-state index contributed by atoms with van der Waals surface area (Å²) < 4.78 is 5.96. The molecule has 1 saturated heterocycles. The number of amides is 2. The van der Waals surface area contributed by atoms with Crippen molar-refractivity contribution in [3.05, 3.63) is 35.6 Å². The van der Waals surface area contributed by atoms with Gasteiger partial charge in [-0.25, -0.2) is 0 Å². The third-order valence-corrected chi connectivity index (χ3v) is 5.85. The van der Waals surface area contributed by atoms with Crippen LogP contribution in [0, 0.1) is 11.8 Å². The van der Waals surface area contributed by atoms with E-state index < -0.39 is 0 Å². The number of likely N-dealkylation sites (tertiary alicyclic amines) is 1. The minimum absolute atomic E-state index is 0.0271. The number of aryl methyl sites for hydroxylation is 1. The Balaban J connectivity index is 1.52. The maximum Gasteiger partial charge on any atom is 0.234 e. The fraction of sp³-hybridized carbons (Fsp3) is 0.524. The van der Waals surface area contributed by atoms with Crippen LogP contribution in [0.5, 0.6) is 0 Å². The third-order valence-electron chi connectivity index (χ3n) is 5.85. The summed E-state index contributed by atoms with van der Waals surface area (Å²) in [5.74, 6) is 0.876. The van der Waals surface area contributed by atoms with Crippen LogP contribution < -0.4 is 0 Å². The van der Waals surface area contributed by atoms with Gasteiger partial charge in [-0.1, -0.05) is 38.0 Å². The molecule has 0 bridgehead atoms. The number of furan rings is 1. The highest BCUT2D eigenvalue weighted by atomic mass is 16.3. The summed E-state index contributed by atoms with van der Waals surface area (Å²) in [4.78, 5) is 28.9. The van der Waals surface area contributed by atoms with Crippen molar-refractivity contribution in [2.24, 2.45) is 11.8 Å². The highest BCUT2D eigenvalue weighted by Crippen LogP contribution is 2.38. The van der Waals surface area contributed by atoms with Crippen LogP contribution in [-0.2, 0) is 22.6 Å². The Labute approximate surface area is 153 Å². The predicted octanol–water partition coefficient (Wildman–Crippen LogP) is 3.56. The van der Waals surface area contributed by atoms with E-state index in [1.165, 1.54) is 4.90 Å². The van der Waals surface area contributed by atoms with E-state index in [9.17, 15) is 9.59 Å². The third kappa shape index (κ3) is 2.84. The Kier molecular flexibility index (Phi) is 4.57. The van der Waals surface area contributed by atoms with Crippen LogP contribution in [0.15, 0.2) is 28.7 Å². The fourth-order valence-electron chi connectivity index (χ4n) is 4.54. The molecular weight excluding hydrogens is 328 g/mol. The molecule has 1 aliphatic heterocycles. The van der Waals surface area contributed by atoms with E-state index >= 15 is 0 Å². The van der Waals surface area contributed by atoms with E-state index in [0.29, 0.717) is 13.2 Å². The summed E-state index contributed by atoms with van der Waals surface area (Å²) in [6.07, 6.45) is 4.67. The molecular formula is C21H26N2O3. The first-order valence-electron chi connectivity index (χ1n) is 9.63. The lowest BCUT2D eigenvalue weighted by Gasteiger charge is -2.23. The number of carbonyl (C=O) groups is 2. The Bertz CT molecular complexity index is 817. The predicted molar refractivity (Wildman–Crippen MR) is 99.2 cm³/mol. The summed E-state index contributed by atoms with van der Waals surface area (Å²) in [5.41, 5.74) is 2.05. The first-order valence-corrected chi connectivity index (χ1v) is 9.63. The van der Waals surface area contributed by atoms with Gasteiger partial charge in [0.2, 0.25) is 11.8 Å². The zero-order chi connectivity index (χ0) is 18.3. The number of benzene rings is 1. The van der Waals surface area contributed by atoms with Gasteiger partial charge in [0.05, 0.1) is 18.5 Å². The second-order valence-corrected chi connectivity index (χ2v) is 7.61. The van der Waals surface area contributed by atoms with E-state index in [0.717, 1.165) is 54.4 Å². The molecule has 1 aromatic heterocycles. The topological polar surface area (TPSA) is 53.8 Å². The van der Waals surface area contributed by atoms with Crippen molar-refractivity contribution in [2.45, 2.75) is 45.6 Å². The average Bonchev–Trinajstić information content (AvgIpc) is 3.13. The van der Waals surface area contributed by atoms with Crippen LogP contribution in [0.4, 0.5) is 0 Å². The number of imide groups is 1. The van der Waals surface area contributed by atoms with Gasteiger partial charge in [-0.3, -0.25) is 19.4 Å². The average molecular weight is 354 g/mol. The zero-order valence-corrected chi connectivity index (χ0v) is 15.5. The van der Waals surface area contributed by atoms with Gasteiger partial charge < -0.3 is 4.42 Å². The van der Waals surface area contributed by atoms with Gasteiger partial charge in [0, 0.05) is 23.9 Å². The Morgan fingerprint density at radius 3 is 2.42 bits per heavy atom. The van der Waals surface area contributed by atoms with Crippen LogP contribution >= 0.6 is 0 Å². The Hall–Kier alpha value is -2.14. The molecule has 26 heavy (non-hydrogen) atoms. The lowest BCUT2D eigenvalue weighted by atomic mass is 9.81. The van der Waals surface area contributed by atoms with Crippen LogP contribution in [0.3, 0.4) is 0 Å². The van der Waals surface area contributed by atoms with Crippen molar-refractivity contribution in [3.63, 3.8) is 0 Å². The molecule has 2 aliphatic rings. The number of carbonyl (C=O) groups excluding carboxylic acids is 2. The minimum atomic E-state index is -0.0781. The van der Waals surface area contributed by atoms with E-state index in [4.69, 9.17) is 4.42 Å². The van der Waals surface area contributed by atoms with Crippen molar-refractivity contribution >= 4 is 22.8 Å². The highest BCUT2D eigenvalue weighted by Gasteiger charge is 2.48. The highest BCUT2D eigenvalue weighted by molar-refractivity contribution is 6.05. The fourth-order valence-corrected chi connectivity index (χ4v) is 4.54. The van der Waals surface area contributed by atoms with Gasteiger partial charge in [0.25, 0.3) is 0 Å². The van der Waals surface area contributed by atoms with Crippen molar-refractivity contribution < 1.29 is 14.0 Å². The SMILES string of the molecule is CCc1oc2ccccc2c1CN(C)CN1C(=O)[C@H]2CCCC[C@H]2C1=O. The lowest BCUT2D eigenvalue weighted by Crippen LogP contribution is -2.40. The quantitative estimate of drug-likeness (QED) is 0.771. The monoisotopic (exact) mass is 354 g/mol. The second kappa shape index (κ2) is 6.88. The molecule has 5 heteroatoms. The molecule has 4 rings (SSSR count). The number of hydrogen-bond donors (Lipinski definition) is 0. The van der Waals surface area contributed by atoms with Crippen molar-refractivity contribution in [3.8, 4) is 0 Å². The maximum absolute atomic E-state index is 12.7. The van der Waals surface area contributed by atoms with E-state index in [1.54, 1.807) is 0 Å². The molecule has 2 aromatic rings. The minimum Gasteiger partial charge on any atom is -0.461 e. The molecule has 0 N–H and O–H groups in total. The van der Waals surface area contributed by atoms with Crippen molar-refractivity contribution in [1.82, 2.24) is 9.80 Å². The molecule has 2 fully saturated rings. The summed E-state index contributed by atoms with van der Waals surface area (Å²) in [6.45, 7) is 3.10. The summed E-state index contributed by atoms with van der Waals surface area (Å²) in [6, 6.07) is 8.04. The van der Waals surface area contributed by atoms with E-state index in [2.05, 4.69) is 13.0 Å². The number of fused-ring (bicyclic) bond motifs is 2. The smallest absolute Gasteiger partial charge is 0.234 e. The summed E-state index contributed by atoms with van der Waals surface area (Å²) in [7, 11) is 1.96. The molecule has 5 nitrogen and oxygen atoms in total. The zero-order valence-electron chi connectivity index (χ0n) is 15.5. The Morgan fingerprint density at radius 2 is 1.77 bits per heavy atom. The second-order valence-electron chi connectivity index (χ2n) is 7.61. The summed E-state index contributed by atoms with van der Waals surface area (Å²) in [5, 5.41) is 1.11.